The Bertz CT molecular complexity index is 611. The SMILES string of the molecule is Cc1ccc(F)cc1CC(=O)c1ccnc(CN)c1. The first-order valence-electron chi connectivity index (χ1n) is 6.03. The van der Waals surface area contributed by atoms with Crippen LogP contribution in [0.25, 0.3) is 0 Å². The van der Waals surface area contributed by atoms with E-state index < -0.39 is 0 Å². The molecule has 3 nitrogen and oxygen atoms in total. The molecule has 1 aromatic heterocycles. The first-order valence-corrected chi connectivity index (χ1v) is 6.03. The molecule has 19 heavy (non-hydrogen) atoms. The molecule has 2 aromatic rings. The summed E-state index contributed by atoms with van der Waals surface area (Å²) in [5.74, 6) is -0.392. The summed E-state index contributed by atoms with van der Waals surface area (Å²) < 4.78 is 13.2. The number of ketones is 1. The van der Waals surface area contributed by atoms with Crippen LogP contribution >= 0.6 is 0 Å². The molecule has 0 saturated carbocycles. The first-order chi connectivity index (χ1) is 9.10. The molecule has 0 aliphatic carbocycles. The molecule has 98 valence electrons. The van der Waals surface area contributed by atoms with Gasteiger partial charge in [-0.3, -0.25) is 9.78 Å². The number of hydrogen-bond donors (Lipinski definition) is 1. The lowest BCUT2D eigenvalue weighted by molar-refractivity contribution is 0.0992. The molecule has 0 amide bonds. The van der Waals surface area contributed by atoms with Crippen molar-refractivity contribution in [3.05, 3.63) is 64.7 Å². The van der Waals surface area contributed by atoms with Crippen molar-refractivity contribution in [1.82, 2.24) is 4.98 Å². The summed E-state index contributed by atoms with van der Waals surface area (Å²) in [6.07, 6.45) is 1.74. The van der Waals surface area contributed by atoms with Crippen LogP contribution in [-0.2, 0) is 13.0 Å². The third kappa shape index (κ3) is 3.23. The largest absolute Gasteiger partial charge is 0.325 e. The fourth-order valence-electron chi connectivity index (χ4n) is 1.87. The Morgan fingerprint density at radius 2 is 2.11 bits per heavy atom. The first kappa shape index (κ1) is 13.4. The van der Waals surface area contributed by atoms with Gasteiger partial charge in [0.25, 0.3) is 0 Å². The van der Waals surface area contributed by atoms with Crippen LogP contribution in [0.2, 0.25) is 0 Å². The van der Waals surface area contributed by atoms with Crippen molar-refractivity contribution in [2.24, 2.45) is 5.73 Å². The minimum atomic E-state index is -0.328. The number of nitrogens with zero attached hydrogens (tertiary/aromatic N) is 1. The average Bonchev–Trinajstić information content (AvgIpc) is 2.43. The van der Waals surface area contributed by atoms with Gasteiger partial charge in [0.2, 0.25) is 0 Å². The van der Waals surface area contributed by atoms with Crippen molar-refractivity contribution < 1.29 is 9.18 Å². The summed E-state index contributed by atoms with van der Waals surface area (Å²) in [6.45, 7) is 2.15. The fourth-order valence-corrected chi connectivity index (χ4v) is 1.87. The molecule has 0 atom stereocenters. The molecular formula is C15H15FN2O. The minimum Gasteiger partial charge on any atom is -0.325 e. The van der Waals surface area contributed by atoms with E-state index in [9.17, 15) is 9.18 Å². The number of carbonyl (C=O) groups excluding carboxylic acids is 1. The van der Waals surface area contributed by atoms with Gasteiger partial charge in [-0.1, -0.05) is 6.07 Å². The summed E-state index contributed by atoms with van der Waals surface area (Å²) in [5, 5.41) is 0. The number of aromatic nitrogens is 1. The number of nitrogens with two attached hydrogens (primary N) is 1. The normalized spacial score (nSPS) is 10.5. The topological polar surface area (TPSA) is 56.0 Å². The zero-order chi connectivity index (χ0) is 13.8. The molecule has 0 bridgehead atoms. The Kier molecular flexibility index (Phi) is 4.02. The molecule has 0 saturated heterocycles. The molecule has 1 heterocycles. The second kappa shape index (κ2) is 5.71. The molecule has 2 rings (SSSR count). The third-order valence-corrected chi connectivity index (χ3v) is 3.01. The highest BCUT2D eigenvalue weighted by atomic mass is 19.1. The zero-order valence-electron chi connectivity index (χ0n) is 10.7. The highest BCUT2D eigenvalue weighted by molar-refractivity contribution is 5.97. The summed E-state index contributed by atoms with van der Waals surface area (Å²) in [5.41, 5.74) is 8.33. The van der Waals surface area contributed by atoms with E-state index in [2.05, 4.69) is 4.98 Å². The molecule has 0 fully saturated rings. The Balaban J connectivity index is 2.22. The standard InChI is InChI=1S/C15H15FN2O/c1-10-2-3-13(16)6-12(10)8-15(19)11-4-5-18-14(7-11)9-17/h2-7H,8-9,17H2,1H3. The number of halogens is 1. The predicted molar refractivity (Wildman–Crippen MR) is 71.3 cm³/mol. The predicted octanol–water partition coefficient (Wildman–Crippen LogP) is 2.41. The van der Waals surface area contributed by atoms with Crippen LogP contribution < -0.4 is 5.73 Å². The Morgan fingerprint density at radius 3 is 2.84 bits per heavy atom. The summed E-state index contributed by atoms with van der Waals surface area (Å²) in [4.78, 5) is 16.2. The van der Waals surface area contributed by atoms with E-state index in [1.165, 1.54) is 12.1 Å². The number of carbonyl (C=O) groups is 1. The summed E-state index contributed by atoms with van der Waals surface area (Å²) in [6, 6.07) is 7.80. The third-order valence-electron chi connectivity index (χ3n) is 3.01. The Labute approximate surface area is 111 Å². The van der Waals surface area contributed by atoms with Crippen LogP contribution in [0.5, 0.6) is 0 Å². The van der Waals surface area contributed by atoms with Gasteiger partial charge in [-0.25, -0.2) is 4.39 Å². The van der Waals surface area contributed by atoms with Gasteiger partial charge in [0.15, 0.2) is 5.78 Å². The lowest BCUT2D eigenvalue weighted by Gasteiger charge is -2.06. The van der Waals surface area contributed by atoms with E-state index >= 15 is 0 Å². The van der Waals surface area contributed by atoms with Crippen LogP contribution in [-0.4, -0.2) is 10.8 Å². The van der Waals surface area contributed by atoms with Gasteiger partial charge < -0.3 is 5.73 Å². The van der Waals surface area contributed by atoms with Crippen LogP contribution in [0, 0.1) is 12.7 Å². The lowest BCUT2D eigenvalue weighted by atomic mass is 9.99. The van der Waals surface area contributed by atoms with Gasteiger partial charge in [0, 0.05) is 24.7 Å². The maximum atomic E-state index is 13.2. The van der Waals surface area contributed by atoms with Crippen molar-refractivity contribution in [1.29, 1.82) is 0 Å². The van der Waals surface area contributed by atoms with Crippen LogP contribution in [0.4, 0.5) is 4.39 Å². The molecular weight excluding hydrogens is 243 g/mol. The van der Waals surface area contributed by atoms with Crippen molar-refractivity contribution in [2.45, 2.75) is 19.9 Å². The van der Waals surface area contributed by atoms with E-state index in [0.717, 1.165) is 5.56 Å². The number of Topliss-reactive ketones (excluding diaryl/α,β-unsaturated/α-hetero) is 1. The molecule has 0 aliphatic heterocycles. The zero-order valence-corrected chi connectivity index (χ0v) is 10.7. The minimum absolute atomic E-state index is 0.0641. The maximum Gasteiger partial charge on any atom is 0.167 e. The van der Waals surface area contributed by atoms with Crippen molar-refractivity contribution in [2.75, 3.05) is 0 Å². The van der Waals surface area contributed by atoms with Gasteiger partial charge in [-0.2, -0.15) is 0 Å². The van der Waals surface area contributed by atoms with E-state index in [-0.39, 0.29) is 18.0 Å². The number of aryl methyl sites for hydroxylation is 1. The molecule has 0 spiro atoms. The van der Waals surface area contributed by atoms with Gasteiger partial charge in [-0.15, -0.1) is 0 Å². The highest BCUT2D eigenvalue weighted by Crippen LogP contribution is 2.14. The smallest absolute Gasteiger partial charge is 0.167 e. The van der Waals surface area contributed by atoms with Crippen molar-refractivity contribution in [3.63, 3.8) is 0 Å². The van der Waals surface area contributed by atoms with Gasteiger partial charge in [-0.05, 0) is 42.3 Å². The number of rotatable bonds is 4. The monoisotopic (exact) mass is 258 g/mol. The Hall–Kier alpha value is -2.07. The molecule has 0 radical (unpaired) electrons. The summed E-state index contributed by atoms with van der Waals surface area (Å²) >= 11 is 0. The second-order valence-electron chi connectivity index (χ2n) is 4.41. The van der Waals surface area contributed by atoms with E-state index in [4.69, 9.17) is 5.73 Å². The molecule has 1 aromatic carbocycles. The number of benzene rings is 1. The highest BCUT2D eigenvalue weighted by Gasteiger charge is 2.10. The van der Waals surface area contributed by atoms with Crippen molar-refractivity contribution >= 4 is 5.78 Å². The number of hydrogen-bond acceptors (Lipinski definition) is 3. The quantitative estimate of drug-likeness (QED) is 0.857. The molecule has 4 heteroatoms. The maximum absolute atomic E-state index is 13.2. The van der Waals surface area contributed by atoms with Crippen molar-refractivity contribution in [3.8, 4) is 0 Å². The number of pyridine rings is 1. The van der Waals surface area contributed by atoms with E-state index in [0.29, 0.717) is 23.4 Å². The van der Waals surface area contributed by atoms with Gasteiger partial charge in [0.05, 0.1) is 5.69 Å². The van der Waals surface area contributed by atoms with Gasteiger partial charge >= 0.3 is 0 Å². The fraction of sp³-hybridized carbons (Fsp3) is 0.200. The van der Waals surface area contributed by atoms with Crippen LogP contribution in [0.3, 0.4) is 0 Å². The second-order valence-corrected chi connectivity index (χ2v) is 4.41. The van der Waals surface area contributed by atoms with E-state index in [1.54, 1.807) is 24.4 Å². The lowest BCUT2D eigenvalue weighted by Crippen LogP contribution is -2.08. The Morgan fingerprint density at radius 1 is 1.32 bits per heavy atom. The molecule has 0 aliphatic rings. The molecule has 0 unspecified atom stereocenters. The van der Waals surface area contributed by atoms with Crippen LogP contribution in [0.15, 0.2) is 36.5 Å². The van der Waals surface area contributed by atoms with Gasteiger partial charge in [0.1, 0.15) is 5.82 Å². The average molecular weight is 258 g/mol. The summed E-state index contributed by atoms with van der Waals surface area (Å²) in [7, 11) is 0. The molecule has 2 N–H and O–H groups in total. The van der Waals surface area contributed by atoms with E-state index in [1.807, 2.05) is 6.92 Å². The van der Waals surface area contributed by atoms with Crippen LogP contribution in [0.1, 0.15) is 27.2 Å².